The molecule has 116 valence electrons. The first-order valence-electron chi connectivity index (χ1n) is 7.24. The predicted molar refractivity (Wildman–Crippen MR) is 87.5 cm³/mol. The quantitative estimate of drug-likeness (QED) is 0.887. The van der Waals surface area contributed by atoms with Crippen molar-refractivity contribution in [1.82, 2.24) is 9.13 Å². The Morgan fingerprint density at radius 1 is 1.14 bits per heavy atom. The summed E-state index contributed by atoms with van der Waals surface area (Å²) in [5, 5.41) is 9.68. The van der Waals surface area contributed by atoms with E-state index in [1.807, 2.05) is 13.8 Å². The summed E-state index contributed by atoms with van der Waals surface area (Å²) in [7, 11) is 0. The second-order valence-corrected chi connectivity index (χ2v) is 5.12. The summed E-state index contributed by atoms with van der Waals surface area (Å²) in [6.07, 6.45) is 1.56. The number of phenols is 1. The molecule has 0 saturated carbocycles. The zero-order chi connectivity index (χ0) is 16.4. The van der Waals surface area contributed by atoms with Gasteiger partial charge in [-0.1, -0.05) is 12.6 Å². The Bertz CT molecular complexity index is 891. The van der Waals surface area contributed by atoms with Crippen LogP contribution >= 0.6 is 0 Å². The fourth-order valence-corrected chi connectivity index (χ4v) is 2.47. The van der Waals surface area contributed by atoms with E-state index < -0.39 is 0 Å². The van der Waals surface area contributed by atoms with Crippen molar-refractivity contribution in [2.45, 2.75) is 33.9 Å². The standard InChI is InChI=1S/C17H20N2O3/c1-5-18-12(4)19(6-2)17(22)14(16(18)21)10-13-7-8-15(20)11(3)9-13/h7-10,20H,4-6H2,1-3H3. The minimum atomic E-state index is -0.340. The fraction of sp³-hybridized carbons (Fsp3) is 0.294. The van der Waals surface area contributed by atoms with Crippen LogP contribution in [-0.4, -0.2) is 14.2 Å². The van der Waals surface area contributed by atoms with E-state index in [1.165, 1.54) is 9.13 Å². The predicted octanol–water partition coefficient (Wildman–Crippen LogP) is 0.303. The molecule has 5 heteroatoms. The lowest BCUT2D eigenvalue weighted by Gasteiger charge is -2.09. The second kappa shape index (κ2) is 6.05. The molecule has 0 fully saturated rings. The molecule has 0 saturated heterocycles. The van der Waals surface area contributed by atoms with Gasteiger partial charge in [0.15, 0.2) is 0 Å². The third kappa shape index (κ3) is 2.62. The highest BCUT2D eigenvalue weighted by Crippen LogP contribution is 2.16. The largest absolute Gasteiger partial charge is 0.508 e. The van der Waals surface area contributed by atoms with E-state index in [0.717, 1.165) is 0 Å². The van der Waals surface area contributed by atoms with Crippen molar-refractivity contribution in [3.05, 3.63) is 60.7 Å². The number of phenolic OH excluding ortho intramolecular Hbond substituents is 1. The Morgan fingerprint density at radius 2 is 1.68 bits per heavy atom. The van der Waals surface area contributed by atoms with E-state index in [1.54, 1.807) is 31.2 Å². The highest BCUT2D eigenvalue weighted by atomic mass is 16.3. The molecule has 22 heavy (non-hydrogen) atoms. The molecule has 1 aromatic carbocycles. The van der Waals surface area contributed by atoms with Gasteiger partial charge in [-0.25, -0.2) is 0 Å². The molecular weight excluding hydrogens is 280 g/mol. The van der Waals surface area contributed by atoms with E-state index >= 15 is 0 Å². The third-order valence-electron chi connectivity index (χ3n) is 3.74. The number of benzene rings is 1. The lowest BCUT2D eigenvalue weighted by atomic mass is 10.1. The maximum atomic E-state index is 12.5. The van der Waals surface area contributed by atoms with Crippen molar-refractivity contribution in [2.75, 3.05) is 0 Å². The summed E-state index contributed by atoms with van der Waals surface area (Å²) in [5.74, 6) is 0.183. The van der Waals surface area contributed by atoms with Gasteiger partial charge in [-0.15, -0.1) is 0 Å². The van der Waals surface area contributed by atoms with Gasteiger partial charge >= 0.3 is 0 Å². The average molecular weight is 300 g/mol. The lowest BCUT2D eigenvalue weighted by Crippen LogP contribution is -2.57. The van der Waals surface area contributed by atoms with Crippen LogP contribution in [0.1, 0.15) is 25.0 Å². The topological polar surface area (TPSA) is 64.2 Å². The summed E-state index contributed by atoms with van der Waals surface area (Å²) >= 11 is 0. The van der Waals surface area contributed by atoms with Gasteiger partial charge in [0.05, 0.1) is 0 Å². The Balaban J connectivity index is 2.88. The molecule has 1 N–H and O–H groups in total. The van der Waals surface area contributed by atoms with Crippen LogP contribution in [0.5, 0.6) is 5.75 Å². The van der Waals surface area contributed by atoms with Crippen molar-refractivity contribution in [3.8, 4) is 5.75 Å². The number of hydrogen-bond donors (Lipinski definition) is 1. The number of nitrogens with zero attached hydrogens (tertiary/aromatic N) is 2. The smallest absolute Gasteiger partial charge is 0.264 e. The van der Waals surface area contributed by atoms with Gasteiger partial charge in [-0.3, -0.25) is 18.7 Å². The van der Waals surface area contributed by atoms with Gasteiger partial charge < -0.3 is 5.11 Å². The minimum Gasteiger partial charge on any atom is -0.508 e. The molecule has 2 rings (SSSR count). The van der Waals surface area contributed by atoms with E-state index in [4.69, 9.17) is 0 Å². The number of rotatable bonds is 3. The van der Waals surface area contributed by atoms with Crippen molar-refractivity contribution < 1.29 is 5.11 Å². The Kier molecular flexibility index (Phi) is 4.35. The Hall–Kier alpha value is -2.56. The molecule has 0 aliphatic rings. The normalized spacial score (nSPS) is 10.7. The van der Waals surface area contributed by atoms with E-state index in [9.17, 15) is 14.7 Å². The SMILES string of the molecule is C=c1n(CC)c(=O)c(=Cc2ccc(O)c(C)c2)c(=O)n1CC. The Morgan fingerprint density at radius 3 is 2.14 bits per heavy atom. The van der Waals surface area contributed by atoms with Crippen LogP contribution in [0.4, 0.5) is 0 Å². The summed E-state index contributed by atoms with van der Waals surface area (Å²) in [6.45, 7) is 10.2. The van der Waals surface area contributed by atoms with Gasteiger partial charge in [-0.2, -0.15) is 0 Å². The van der Waals surface area contributed by atoms with E-state index in [2.05, 4.69) is 6.58 Å². The molecule has 0 aliphatic heterocycles. The number of aromatic nitrogens is 2. The van der Waals surface area contributed by atoms with E-state index in [0.29, 0.717) is 29.7 Å². The molecule has 0 radical (unpaired) electrons. The average Bonchev–Trinajstić information content (AvgIpc) is 2.48. The highest BCUT2D eigenvalue weighted by molar-refractivity contribution is 5.52. The van der Waals surface area contributed by atoms with Crippen LogP contribution in [0.15, 0.2) is 27.8 Å². The van der Waals surface area contributed by atoms with Crippen molar-refractivity contribution in [2.24, 2.45) is 0 Å². The zero-order valence-corrected chi connectivity index (χ0v) is 13.1. The van der Waals surface area contributed by atoms with Crippen LogP contribution < -0.4 is 21.8 Å². The zero-order valence-electron chi connectivity index (χ0n) is 13.1. The number of hydrogen-bond acceptors (Lipinski definition) is 3. The summed E-state index contributed by atoms with van der Waals surface area (Å²) in [6, 6.07) is 4.96. The monoisotopic (exact) mass is 300 g/mol. The molecule has 0 atom stereocenters. The molecule has 1 heterocycles. The van der Waals surface area contributed by atoms with Gasteiger partial charge in [0.2, 0.25) is 0 Å². The molecule has 2 aromatic rings. The molecule has 0 aliphatic carbocycles. The van der Waals surface area contributed by atoms with Gasteiger partial charge in [-0.05, 0) is 50.1 Å². The first-order chi connectivity index (χ1) is 10.4. The van der Waals surface area contributed by atoms with Crippen molar-refractivity contribution in [1.29, 1.82) is 0 Å². The van der Waals surface area contributed by atoms with Gasteiger partial charge in [0, 0.05) is 13.1 Å². The van der Waals surface area contributed by atoms with Crippen molar-refractivity contribution in [3.63, 3.8) is 0 Å². The molecular formula is C17H20N2O3. The molecule has 0 bridgehead atoms. The fourth-order valence-electron chi connectivity index (χ4n) is 2.47. The maximum absolute atomic E-state index is 12.5. The van der Waals surface area contributed by atoms with Crippen LogP contribution in [0.3, 0.4) is 0 Å². The van der Waals surface area contributed by atoms with Gasteiger partial charge in [0.25, 0.3) is 11.1 Å². The molecule has 0 spiro atoms. The summed E-state index contributed by atoms with van der Waals surface area (Å²) < 4.78 is 2.98. The molecule has 0 amide bonds. The number of aryl methyl sites for hydroxylation is 1. The van der Waals surface area contributed by atoms with Crippen LogP contribution in [0.25, 0.3) is 12.7 Å². The van der Waals surface area contributed by atoms with Crippen LogP contribution in [-0.2, 0) is 13.1 Å². The second-order valence-electron chi connectivity index (χ2n) is 5.12. The number of aromatic hydroxyl groups is 1. The molecule has 5 nitrogen and oxygen atoms in total. The summed E-state index contributed by atoms with van der Waals surface area (Å²) in [5.41, 5.74) is 1.13. The van der Waals surface area contributed by atoms with Crippen molar-refractivity contribution >= 4 is 12.7 Å². The van der Waals surface area contributed by atoms with Crippen LogP contribution in [0, 0.1) is 6.92 Å². The molecule has 0 unspecified atom stereocenters. The van der Waals surface area contributed by atoms with Gasteiger partial charge in [0.1, 0.15) is 16.4 Å². The van der Waals surface area contributed by atoms with Crippen LogP contribution in [0.2, 0.25) is 0 Å². The lowest BCUT2D eigenvalue weighted by molar-refractivity contribution is 0.471. The first-order valence-corrected chi connectivity index (χ1v) is 7.24. The highest BCUT2D eigenvalue weighted by Gasteiger charge is 2.07. The first kappa shape index (κ1) is 15.8. The minimum absolute atomic E-state index is 0.112. The summed E-state index contributed by atoms with van der Waals surface area (Å²) in [4.78, 5) is 25.0. The third-order valence-corrected chi connectivity index (χ3v) is 3.74. The van der Waals surface area contributed by atoms with E-state index in [-0.39, 0.29) is 22.1 Å². The molecule has 1 aromatic heterocycles. The Labute approximate surface area is 128 Å². The maximum Gasteiger partial charge on any atom is 0.264 e.